The van der Waals surface area contributed by atoms with Gasteiger partial charge in [0.15, 0.2) is 0 Å². The lowest BCUT2D eigenvalue weighted by Crippen LogP contribution is -2.43. The molecule has 0 unspecified atom stereocenters. The summed E-state index contributed by atoms with van der Waals surface area (Å²) >= 11 is 0. The molecule has 2 saturated heterocycles. The molecule has 22 heavy (non-hydrogen) atoms. The quantitative estimate of drug-likeness (QED) is 0.895. The van der Waals surface area contributed by atoms with Crippen molar-refractivity contribution in [2.75, 3.05) is 19.6 Å². The average Bonchev–Trinajstić information content (AvgIpc) is 3.04. The molecule has 0 radical (unpaired) electrons. The summed E-state index contributed by atoms with van der Waals surface area (Å²) < 4.78 is 0. The van der Waals surface area contributed by atoms with Crippen LogP contribution in [0.25, 0.3) is 0 Å². The first-order chi connectivity index (χ1) is 10.8. The van der Waals surface area contributed by atoms with Gasteiger partial charge in [0.25, 0.3) is 0 Å². The third kappa shape index (κ3) is 3.50. The predicted octanol–water partition coefficient (Wildman–Crippen LogP) is 2.10. The van der Waals surface area contributed by atoms with Gasteiger partial charge in [-0.1, -0.05) is 30.3 Å². The predicted molar refractivity (Wildman–Crippen MR) is 86.3 cm³/mol. The van der Waals surface area contributed by atoms with Gasteiger partial charge in [-0.05, 0) is 50.8 Å². The van der Waals surface area contributed by atoms with E-state index >= 15 is 0 Å². The van der Waals surface area contributed by atoms with E-state index < -0.39 is 6.10 Å². The molecule has 2 aliphatic heterocycles. The van der Waals surface area contributed by atoms with E-state index in [1.54, 1.807) is 0 Å². The lowest BCUT2D eigenvalue weighted by atomic mass is 9.95. The summed E-state index contributed by atoms with van der Waals surface area (Å²) in [5, 5.41) is 13.8. The molecule has 1 aromatic carbocycles. The van der Waals surface area contributed by atoms with Crippen LogP contribution in [-0.2, 0) is 4.79 Å². The molecule has 0 spiro atoms. The monoisotopic (exact) mass is 302 g/mol. The van der Waals surface area contributed by atoms with Crippen LogP contribution in [0.1, 0.15) is 43.8 Å². The number of aliphatic hydroxyl groups is 1. The van der Waals surface area contributed by atoms with Crippen molar-refractivity contribution in [2.24, 2.45) is 5.92 Å². The van der Waals surface area contributed by atoms with Gasteiger partial charge in [0.05, 0.1) is 6.10 Å². The van der Waals surface area contributed by atoms with Crippen LogP contribution in [0, 0.1) is 5.92 Å². The molecule has 2 fully saturated rings. The number of hydrogen-bond donors (Lipinski definition) is 2. The van der Waals surface area contributed by atoms with Crippen LogP contribution in [0.3, 0.4) is 0 Å². The molecule has 3 rings (SSSR count). The molecule has 4 heteroatoms. The highest BCUT2D eigenvalue weighted by Crippen LogP contribution is 2.29. The van der Waals surface area contributed by atoms with Gasteiger partial charge in [0, 0.05) is 18.5 Å². The second kappa shape index (κ2) is 7.25. The number of likely N-dealkylation sites (tertiary alicyclic amines) is 1. The highest BCUT2D eigenvalue weighted by molar-refractivity contribution is 5.79. The Labute approximate surface area is 132 Å². The molecule has 2 heterocycles. The van der Waals surface area contributed by atoms with Crippen molar-refractivity contribution in [3.05, 3.63) is 35.9 Å². The molecule has 1 amide bonds. The first kappa shape index (κ1) is 15.5. The fraction of sp³-hybridized carbons (Fsp3) is 0.611. The van der Waals surface area contributed by atoms with Crippen molar-refractivity contribution in [2.45, 2.75) is 44.2 Å². The minimum Gasteiger partial charge on any atom is -0.388 e. The fourth-order valence-corrected chi connectivity index (χ4v) is 3.74. The van der Waals surface area contributed by atoms with Gasteiger partial charge < -0.3 is 15.3 Å². The van der Waals surface area contributed by atoms with E-state index in [2.05, 4.69) is 5.32 Å². The van der Waals surface area contributed by atoms with Crippen LogP contribution in [0.4, 0.5) is 0 Å². The number of hydrogen-bond acceptors (Lipinski definition) is 3. The van der Waals surface area contributed by atoms with Crippen molar-refractivity contribution in [1.29, 1.82) is 0 Å². The van der Waals surface area contributed by atoms with E-state index in [1.165, 1.54) is 0 Å². The van der Waals surface area contributed by atoms with Gasteiger partial charge in [0.2, 0.25) is 5.91 Å². The lowest BCUT2D eigenvalue weighted by Gasteiger charge is -2.32. The molecular weight excluding hydrogens is 276 g/mol. The third-order valence-corrected chi connectivity index (χ3v) is 5.03. The van der Waals surface area contributed by atoms with Crippen molar-refractivity contribution >= 4 is 5.91 Å². The lowest BCUT2D eigenvalue weighted by molar-refractivity contribution is -0.137. The molecule has 0 bridgehead atoms. The molecule has 2 atom stereocenters. The largest absolute Gasteiger partial charge is 0.388 e. The van der Waals surface area contributed by atoms with Gasteiger partial charge >= 0.3 is 0 Å². The van der Waals surface area contributed by atoms with Gasteiger partial charge in [-0.25, -0.2) is 0 Å². The Balaban J connectivity index is 1.61. The number of piperidine rings is 1. The third-order valence-electron chi connectivity index (χ3n) is 5.03. The van der Waals surface area contributed by atoms with Gasteiger partial charge in [-0.15, -0.1) is 0 Å². The zero-order valence-electron chi connectivity index (χ0n) is 13.1. The highest BCUT2D eigenvalue weighted by Gasteiger charge is 2.34. The first-order valence-corrected chi connectivity index (χ1v) is 8.50. The average molecular weight is 302 g/mol. The summed E-state index contributed by atoms with van der Waals surface area (Å²) in [5.41, 5.74) is 0.948. The number of rotatable bonds is 4. The normalized spacial score (nSPS) is 24.4. The molecule has 0 saturated carbocycles. The Morgan fingerprint density at radius 1 is 1.23 bits per heavy atom. The van der Waals surface area contributed by atoms with Crippen LogP contribution in [0.15, 0.2) is 30.3 Å². The van der Waals surface area contributed by atoms with Gasteiger partial charge in [0.1, 0.15) is 0 Å². The fourth-order valence-electron chi connectivity index (χ4n) is 3.74. The molecular formula is C18H26N2O2. The van der Waals surface area contributed by atoms with E-state index in [-0.39, 0.29) is 12.0 Å². The molecule has 2 aliphatic rings. The van der Waals surface area contributed by atoms with E-state index in [0.29, 0.717) is 12.3 Å². The van der Waals surface area contributed by atoms with Gasteiger partial charge in [-0.3, -0.25) is 4.79 Å². The van der Waals surface area contributed by atoms with E-state index in [0.717, 1.165) is 50.9 Å². The summed E-state index contributed by atoms with van der Waals surface area (Å²) in [4.78, 5) is 14.8. The number of amides is 1. The van der Waals surface area contributed by atoms with E-state index in [4.69, 9.17) is 0 Å². The Kier molecular flexibility index (Phi) is 5.11. The van der Waals surface area contributed by atoms with Crippen molar-refractivity contribution < 1.29 is 9.90 Å². The Morgan fingerprint density at radius 3 is 2.68 bits per heavy atom. The molecule has 1 aromatic rings. The van der Waals surface area contributed by atoms with Crippen molar-refractivity contribution in [3.8, 4) is 0 Å². The maximum atomic E-state index is 12.7. The molecule has 4 nitrogen and oxygen atoms in total. The molecule has 2 N–H and O–H groups in total. The standard InChI is InChI=1S/C18H26N2O2/c21-17(14-5-2-1-3-6-14)13-16-7-4-12-20(16)18(22)15-8-10-19-11-9-15/h1-3,5-6,15-17,19,21H,4,7-13H2/t16-,17-/m0/s1. The summed E-state index contributed by atoms with van der Waals surface area (Å²) in [5.74, 6) is 0.486. The highest BCUT2D eigenvalue weighted by atomic mass is 16.3. The Bertz CT molecular complexity index is 485. The van der Waals surface area contributed by atoms with E-state index in [1.807, 2.05) is 35.2 Å². The molecule has 120 valence electrons. The number of benzene rings is 1. The van der Waals surface area contributed by atoms with Crippen LogP contribution in [-0.4, -0.2) is 41.6 Å². The Hall–Kier alpha value is -1.39. The number of nitrogens with one attached hydrogen (secondary N) is 1. The first-order valence-electron chi connectivity index (χ1n) is 8.50. The molecule has 0 aromatic heterocycles. The van der Waals surface area contributed by atoms with Crippen molar-refractivity contribution in [1.82, 2.24) is 10.2 Å². The minimum absolute atomic E-state index is 0.177. The smallest absolute Gasteiger partial charge is 0.226 e. The van der Waals surface area contributed by atoms with E-state index in [9.17, 15) is 9.90 Å². The number of carbonyl (C=O) groups excluding carboxylic acids is 1. The summed E-state index contributed by atoms with van der Waals surface area (Å²) in [6, 6.07) is 9.96. The maximum absolute atomic E-state index is 12.7. The Morgan fingerprint density at radius 2 is 1.95 bits per heavy atom. The zero-order chi connectivity index (χ0) is 15.4. The molecule has 0 aliphatic carbocycles. The topological polar surface area (TPSA) is 52.6 Å². The van der Waals surface area contributed by atoms with Crippen LogP contribution in [0.2, 0.25) is 0 Å². The van der Waals surface area contributed by atoms with Crippen molar-refractivity contribution in [3.63, 3.8) is 0 Å². The number of aliphatic hydroxyl groups excluding tert-OH is 1. The minimum atomic E-state index is -0.479. The summed E-state index contributed by atoms with van der Waals surface area (Å²) in [6.07, 6.45) is 4.14. The maximum Gasteiger partial charge on any atom is 0.226 e. The van der Waals surface area contributed by atoms with Crippen LogP contribution < -0.4 is 5.32 Å². The second-order valence-corrected chi connectivity index (χ2v) is 6.51. The van der Waals surface area contributed by atoms with Crippen LogP contribution >= 0.6 is 0 Å². The number of nitrogens with zero attached hydrogens (tertiary/aromatic N) is 1. The SMILES string of the molecule is O=C(C1CCNCC1)N1CCC[C@H]1C[C@H](O)c1ccccc1. The number of carbonyl (C=O) groups is 1. The summed E-state index contributed by atoms with van der Waals surface area (Å²) in [7, 11) is 0. The zero-order valence-corrected chi connectivity index (χ0v) is 13.1. The van der Waals surface area contributed by atoms with Gasteiger partial charge in [-0.2, -0.15) is 0 Å². The summed E-state index contributed by atoms with van der Waals surface area (Å²) in [6.45, 7) is 2.75. The second-order valence-electron chi connectivity index (χ2n) is 6.51. The van der Waals surface area contributed by atoms with Crippen LogP contribution in [0.5, 0.6) is 0 Å².